The second kappa shape index (κ2) is 8.40. The van der Waals surface area contributed by atoms with Crippen molar-refractivity contribution in [3.8, 4) is 0 Å². The molecule has 0 N–H and O–H groups in total. The highest BCUT2D eigenvalue weighted by atomic mass is 19.4. The summed E-state index contributed by atoms with van der Waals surface area (Å²) >= 11 is 0. The van der Waals surface area contributed by atoms with Crippen molar-refractivity contribution in [2.24, 2.45) is 0 Å². The first-order chi connectivity index (χ1) is 15.8. The van der Waals surface area contributed by atoms with Crippen LogP contribution in [0.5, 0.6) is 0 Å². The van der Waals surface area contributed by atoms with Gasteiger partial charge in [-0.1, -0.05) is 6.58 Å². The van der Waals surface area contributed by atoms with Gasteiger partial charge >= 0.3 is 6.18 Å². The van der Waals surface area contributed by atoms with E-state index in [4.69, 9.17) is 4.74 Å². The number of anilines is 1. The Bertz CT molecular complexity index is 1190. The Labute approximate surface area is 189 Å². The molecule has 4 heterocycles. The quantitative estimate of drug-likeness (QED) is 0.507. The van der Waals surface area contributed by atoms with Crippen LogP contribution in [0.3, 0.4) is 0 Å². The minimum absolute atomic E-state index is 0.108. The molecule has 33 heavy (non-hydrogen) atoms. The molecule has 174 valence electrons. The van der Waals surface area contributed by atoms with E-state index in [1.807, 2.05) is 41.0 Å². The first-order valence-electron chi connectivity index (χ1n) is 11.1. The third kappa shape index (κ3) is 4.71. The van der Waals surface area contributed by atoms with Crippen LogP contribution in [0.15, 0.2) is 36.7 Å². The van der Waals surface area contributed by atoms with Gasteiger partial charge in [-0.25, -0.2) is 9.97 Å². The third-order valence-electron chi connectivity index (χ3n) is 6.09. The second-order valence-electron chi connectivity index (χ2n) is 8.69. The predicted octanol–water partition coefficient (Wildman–Crippen LogP) is 4.49. The summed E-state index contributed by atoms with van der Waals surface area (Å²) in [5, 5.41) is 5.12. The highest BCUT2D eigenvalue weighted by Crippen LogP contribution is 2.35. The molecule has 2 aliphatic rings. The van der Waals surface area contributed by atoms with E-state index in [2.05, 4.69) is 26.6 Å². The average molecular weight is 458 g/mol. The van der Waals surface area contributed by atoms with Gasteiger partial charge in [0, 0.05) is 35.0 Å². The van der Waals surface area contributed by atoms with Gasteiger partial charge in [-0.15, -0.1) is 0 Å². The molecule has 1 aliphatic heterocycles. The monoisotopic (exact) mass is 458 g/mol. The second-order valence-corrected chi connectivity index (χ2v) is 8.69. The molecule has 1 unspecified atom stereocenters. The van der Waals surface area contributed by atoms with E-state index >= 15 is 0 Å². The number of hydrogen-bond acceptors (Lipinski definition) is 6. The molecule has 10 heteroatoms. The van der Waals surface area contributed by atoms with Crippen LogP contribution in [-0.4, -0.2) is 50.6 Å². The van der Waals surface area contributed by atoms with Crippen molar-refractivity contribution in [2.75, 3.05) is 24.6 Å². The van der Waals surface area contributed by atoms with E-state index in [1.165, 1.54) is 0 Å². The smallest absolute Gasteiger partial charge is 0.370 e. The van der Waals surface area contributed by atoms with Gasteiger partial charge < -0.3 is 9.64 Å². The maximum atomic E-state index is 13.0. The summed E-state index contributed by atoms with van der Waals surface area (Å²) in [6, 6.07) is 4.13. The summed E-state index contributed by atoms with van der Waals surface area (Å²) < 4.78 is 46.9. The third-order valence-corrected chi connectivity index (χ3v) is 6.09. The number of rotatable bonds is 6. The molecular weight excluding hydrogens is 433 g/mol. The Morgan fingerprint density at radius 3 is 2.79 bits per heavy atom. The number of alkyl halides is 3. The minimum Gasteiger partial charge on any atom is -0.370 e. The number of aryl methyl sites for hydroxylation is 2. The van der Waals surface area contributed by atoms with Gasteiger partial charge in [0.2, 0.25) is 5.95 Å². The molecule has 0 amide bonds. The number of morpholine rings is 1. The molecule has 3 aromatic rings. The van der Waals surface area contributed by atoms with Crippen molar-refractivity contribution in [1.82, 2.24) is 24.7 Å². The molecule has 0 radical (unpaired) electrons. The van der Waals surface area contributed by atoms with Gasteiger partial charge in [0.25, 0.3) is 0 Å². The highest BCUT2D eigenvalue weighted by Gasteiger charge is 2.32. The summed E-state index contributed by atoms with van der Waals surface area (Å²) in [7, 11) is 0. The van der Waals surface area contributed by atoms with E-state index in [0.717, 1.165) is 24.1 Å². The first-order valence-corrected chi connectivity index (χ1v) is 11.1. The van der Waals surface area contributed by atoms with Gasteiger partial charge in [0.15, 0.2) is 5.65 Å². The number of fused-ring (bicyclic) bond motifs is 1. The number of allylic oxidation sites excluding steroid dienone is 1. The van der Waals surface area contributed by atoms with Crippen LogP contribution in [0.2, 0.25) is 0 Å². The van der Waals surface area contributed by atoms with Gasteiger partial charge in [-0.05, 0) is 44.7 Å². The Kier molecular flexibility index (Phi) is 5.55. The largest absolute Gasteiger partial charge is 0.412 e. The van der Waals surface area contributed by atoms with Crippen LogP contribution >= 0.6 is 0 Å². The minimum atomic E-state index is -4.41. The van der Waals surface area contributed by atoms with Gasteiger partial charge in [-0.3, -0.25) is 4.68 Å². The molecule has 2 fully saturated rings. The zero-order chi connectivity index (χ0) is 23.2. The van der Waals surface area contributed by atoms with Gasteiger partial charge in [0.1, 0.15) is 6.10 Å². The fraction of sp³-hybridized carbons (Fsp3) is 0.478. The molecule has 1 aliphatic carbocycles. The molecule has 0 bridgehead atoms. The van der Waals surface area contributed by atoms with Crippen LogP contribution in [0, 0.1) is 6.92 Å². The number of aromatic nitrogens is 5. The maximum Gasteiger partial charge on any atom is 0.412 e. The predicted molar refractivity (Wildman–Crippen MR) is 117 cm³/mol. The molecule has 1 saturated carbocycles. The lowest BCUT2D eigenvalue weighted by Gasteiger charge is -2.32. The number of ether oxygens (including phenoxy) is 1. The standard InChI is InChI=1S/C23H25F3N6O/c1-14(23(24,25)26)3-8-19-18-7-4-15(2)28-21(18)30-22(29-19)31-9-10-33-20(13-31)16-11-27-32(12-16)17-5-6-17/h4,7,11-12,17,20H,1,3,5-6,8-10,13H2,2H3. The molecular formula is C23H25F3N6O. The van der Waals surface area contributed by atoms with Crippen molar-refractivity contribution < 1.29 is 17.9 Å². The Balaban J connectivity index is 1.42. The number of hydrogen-bond donors (Lipinski definition) is 0. The van der Waals surface area contributed by atoms with Crippen LogP contribution in [0.4, 0.5) is 19.1 Å². The van der Waals surface area contributed by atoms with Gasteiger partial charge in [-0.2, -0.15) is 23.3 Å². The first kappa shape index (κ1) is 21.8. The van der Waals surface area contributed by atoms with E-state index in [-0.39, 0.29) is 18.9 Å². The summed E-state index contributed by atoms with van der Waals surface area (Å²) in [6.07, 6.45) is 1.47. The fourth-order valence-corrected chi connectivity index (χ4v) is 3.99. The Morgan fingerprint density at radius 2 is 2.03 bits per heavy atom. The van der Waals surface area contributed by atoms with E-state index < -0.39 is 11.7 Å². The lowest BCUT2D eigenvalue weighted by atomic mass is 10.1. The number of halogens is 3. The van der Waals surface area contributed by atoms with Crippen molar-refractivity contribution in [3.63, 3.8) is 0 Å². The van der Waals surface area contributed by atoms with Crippen molar-refractivity contribution in [3.05, 3.63) is 53.6 Å². The maximum absolute atomic E-state index is 13.0. The van der Waals surface area contributed by atoms with E-state index in [0.29, 0.717) is 48.4 Å². The fourth-order valence-electron chi connectivity index (χ4n) is 3.99. The molecule has 5 rings (SSSR count). The average Bonchev–Trinajstić information content (AvgIpc) is 3.52. The molecule has 1 saturated heterocycles. The lowest BCUT2D eigenvalue weighted by molar-refractivity contribution is -0.0935. The van der Waals surface area contributed by atoms with Crippen LogP contribution in [-0.2, 0) is 11.2 Å². The SMILES string of the molecule is C=C(CCc1nc(N2CCOC(c3cnn(C4CC4)c3)C2)nc2nc(C)ccc12)C(F)(F)F. The normalized spacial score (nSPS) is 19.3. The summed E-state index contributed by atoms with van der Waals surface area (Å²) in [6.45, 7) is 6.65. The van der Waals surface area contributed by atoms with Crippen molar-refractivity contribution in [2.45, 2.75) is 50.9 Å². The zero-order valence-corrected chi connectivity index (χ0v) is 18.3. The topological polar surface area (TPSA) is 69.0 Å². The van der Waals surface area contributed by atoms with Crippen LogP contribution in [0.25, 0.3) is 11.0 Å². The summed E-state index contributed by atoms with van der Waals surface area (Å²) in [5.41, 5.74) is 2.04. The van der Waals surface area contributed by atoms with E-state index in [1.54, 1.807) is 0 Å². The molecule has 7 nitrogen and oxygen atoms in total. The Morgan fingerprint density at radius 1 is 1.21 bits per heavy atom. The van der Waals surface area contributed by atoms with Crippen molar-refractivity contribution >= 4 is 17.0 Å². The van der Waals surface area contributed by atoms with Crippen molar-refractivity contribution in [1.29, 1.82) is 0 Å². The van der Waals surface area contributed by atoms with Crippen LogP contribution < -0.4 is 4.90 Å². The molecule has 0 spiro atoms. The summed E-state index contributed by atoms with van der Waals surface area (Å²) in [5.74, 6) is 0.455. The number of pyridine rings is 1. The van der Waals surface area contributed by atoms with E-state index in [9.17, 15) is 13.2 Å². The summed E-state index contributed by atoms with van der Waals surface area (Å²) in [4.78, 5) is 15.8. The lowest BCUT2D eigenvalue weighted by Crippen LogP contribution is -2.39. The Hall–Kier alpha value is -3.01. The highest BCUT2D eigenvalue weighted by molar-refractivity contribution is 5.78. The molecule has 3 aromatic heterocycles. The zero-order valence-electron chi connectivity index (χ0n) is 18.3. The molecule has 0 aromatic carbocycles. The van der Waals surface area contributed by atoms with Gasteiger partial charge in [0.05, 0.1) is 31.1 Å². The molecule has 1 atom stereocenters. The number of nitrogens with zero attached hydrogens (tertiary/aromatic N) is 6. The van der Waals surface area contributed by atoms with Crippen LogP contribution in [0.1, 0.15) is 48.4 Å².